The molecule has 0 aromatic carbocycles. The first kappa shape index (κ1) is 11.4. The SMILES string of the molecule is COC(C)(C)C(=O)NS(C)(=O)=O. The summed E-state index contributed by atoms with van der Waals surface area (Å²) in [6.45, 7) is 2.96. The van der Waals surface area contributed by atoms with Crippen LogP contribution < -0.4 is 4.72 Å². The van der Waals surface area contributed by atoms with Crippen molar-refractivity contribution in [3.8, 4) is 0 Å². The molecule has 0 bridgehead atoms. The van der Waals surface area contributed by atoms with Gasteiger partial charge in [0.1, 0.15) is 5.60 Å². The molecular weight excluding hydrogens is 182 g/mol. The largest absolute Gasteiger partial charge is 0.369 e. The molecule has 0 spiro atoms. The minimum atomic E-state index is -3.50. The van der Waals surface area contributed by atoms with Gasteiger partial charge in [-0.3, -0.25) is 9.52 Å². The standard InChI is InChI=1S/C6H13NO4S/c1-6(2,11-3)5(8)7-12(4,9)10/h1-4H3,(H,7,8). The lowest BCUT2D eigenvalue weighted by atomic mass is 10.1. The van der Waals surface area contributed by atoms with Crippen LogP contribution in [0, 0.1) is 0 Å². The van der Waals surface area contributed by atoms with Crippen molar-refractivity contribution in [2.45, 2.75) is 19.4 Å². The van der Waals surface area contributed by atoms with Crippen LogP contribution in [0.5, 0.6) is 0 Å². The van der Waals surface area contributed by atoms with Crippen LogP contribution in [0.1, 0.15) is 13.8 Å². The molecule has 0 aromatic rings. The molecule has 0 atom stereocenters. The molecule has 0 aliphatic carbocycles. The fourth-order valence-electron chi connectivity index (χ4n) is 0.384. The topological polar surface area (TPSA) is 72.5 Å². The summed E-state index contributed by atoms with van der Waals surface area (Å²) in [6.07, 6.45) is 0.913. The summed E-state index contributed by atoms with van der Waals surface area (Å²) in [6, 6.07) is 0. The van der Waals surface area contributed by atoms with Gasteiger partial charge in [-0.2, -0.15) is 0 Å². The summed E-state index contributed by atoms with van der Waals surface area (Å²) >= 11 is 0. The van der Waals surface area contributed by atoms with Crippen molar-refractivity contribution in [1.29, 1.82) is 0 Å². The van der Waals surface area contributed by atoms with Crippen LogP contribution in [-0.2, 0) is 19.6 Å². The highest BCUT2D eigenvalue weighted by Gasteiger charge is 2.28. The number of hydrogen-bond donors (Lipinski definition) is 1. The van der Waals surface area contributed by atoms with Crippen LogP contribution in [0.15, 0.2) is 0 Å². The zero-order valence-corrected chi connectivity index (χ0v) is 8.36. The van der Waals surface area contributed by atoms with Crippen molar-refractivity contribution in [2.24, 2.45) is 0 Å². The highest BCUT2D eigenvalue weighted by Crippen LogP contribution is 2.06. The first-order valence-corrected chi connectivity index (χ1v) is 5.15. The van der Waals surface area contributed by atoms with E-state index in [4.69, 9.17) is 4.74 Å². The summed E-state index contributed by atoms with van der Waals surface area (Å²) in [5.74, 6) is -0.674. The van der Waals surface area contributed by atoms with Crippen LogP contribution in [0.25, 0.3) is 0 Å². The Morgan fingerprint density at radius 1 is 1.42 bits per heavy atom. The average Bonchev–Trinajstić information content (AvgIpc) is 1.84. The molecule has 0 saturated carbocycles. The third-order valence-corrected chi connectivity index (χ3v) is 1.89. The molecule has 1 amide bonds. The van der Waals surface area contributed by atoms with E-state index in [0.29, 0.717) is 0 Å². The summed E-state index contributed by atoms with van der Waals surface area (Å²) in [4.78, 5) is 11.1. The number of amides is 1. The monoisotopic (exact) mass is 195 g/mol. The maximum absolute atomic E-state index is 11.1. The van der Waals surface area contributed by atoms with E-state index in [2.05, 4.69) is 0 Å². The van der Waals surface area contributed by atoms with Gasteiger partial charge >= 0.3 is 0 Å². The molecule has 0 saturated heterocycles. The molecule has 0 radical (unpaired) electrons. The number of carbonyl (C=O) groups is 1. The molecule has 0 aliphatic heterocycles. The average molecular weight is 195 g/mol. The molecule has 5 nitrogen and oxygen atoms in total. The van der Waals surface area contributed by atoms with Crippen LogP contribution in [0.2, 0.25) is 0 Å². The quantitative estimate of drug-likeness (QED) is 0.658. The second kappa shape index (κ2) is 3.40. The zero-order chi connectivity index (χ0) is 9.99. The van der Waals surface area contributed by atoms with Gasteiger partial charge in [0.15, 0.2) is 0 Å². The minimum absolute atomic E-state index is 0.674. The maximum Gasteiger partial charge on any atom is 0.265 e. The molecular formula is C6H13NO4S. The van der Waals surface area contributed by atoms with Crippen molar-refractivity contribution in [3.05, 3.63) is 0 Å². The smallest absolute Gasteiger partial charge is 0.265 e. The molecule has 12 heavy (non-hydrogen) atoms. The molecule has 0 aliphatic rings. The number of hydrogen-bond acceptors (Lipinski definition) is 4. The van der Waals surface area contributed by atoms with Gasteiger partial charge in [0, 0.05) is 7.11 Å². The van der Waals surface area contributed by atoms with Gasteiger partial charge in [-0.15, -0.1) is 0 Å². The summed E-state index contributed by atoms with van der Waals surface area (Å²) in [7, 11) is -2.16. The predicted molar refractivity (Wildman–Crippen MR) is 44.1 cm³/mol. The Morgan fingerprint density at radius 2 is 1.83 bits per heavy atom. The fourth-order valence-corrected chi connectivity index (χ4v) is 0.967. The number of sulfonamides is 1. The Labute approximate surface area is 72.1 Å². The molecule has 6 heteroatoms. The second-order valence-electron chi connectivity index (χ2n) is 2.92. The summed E-state index contributed by atoms with van der Waals surface area (Å²) in [5.41, 5.74) is -1.12. The van der Waals surface area contributed by atoms with E-state index < -0.39 is 21.5 Å². The molecule has 72 valence electrons. The van der Waals surface area contributed by atoms with E-state index in [9.17, 15) is 13.2 Å². The zero-order valence-electron chi connectivity index (χ0n) is 7.54. The van der Waals surface area contributed by atoms with Crippen molar-refractivity contribution in [2.75, 3.05) is 13.4 Å². The van der Waals surface area contributed by atoms with E-state index in [-0.39, 0.29) is 0 Å². The first-order valence-electron chi connectivity index (χ1n) is 3.26. The number of carbonyl (C=O) groups excluding carboxylic acids is 1. The molecule has 0 unspecified atom stereocenters. The van der Waals surface area contributed by atoms with E-state index in [0.717, 1.165) is 6.26 Å². The lowest BCUT2D eigenvalue weighted by Crippen LogP contribution is -2.45. The second-order valence-corrected chi connectivity index (χ2v) is 4.67. The van der Waals surface area contributed by atoms with E-state index >= 15 is 0 Å². The van der Waals surface area contributed by atoms with Gasteiger partial charge in [0.25, 0.3) is 5.91 Å². The van der Waals surface area contributed by atoms with Gasteiger partial charge in [-0.1, -0.05) is 0 Å². The molecule has 0 fully saturated rings. The van der Waals surface area contributed by atoms with Gasteiger partial charge in [-0.25, -0.2) is 8.42 Å². The van der Waals surface area contributed by atoms with E-state index in [1.54, 1.807) is 0 Å². The summed E-state index contributed by atoms with van der Waals surface area (Å²) < 4.78 is 27.8. The lowest BCUT2D eigenvalue weighted by Gasteiger charge is -2.20. The predicted octanol–water partition coefficient (Wildman–Crippen LogP) is -0.513. The number of ether oxygens (including phenoxy) is 1. The van der Waals surface area contributed by atoms with Crippen LogP contribution in [-0.4, -0.2) is 33.3 Å². The number of rotatable bonds is 3. The third kappa shape index (κ3) is 3.68. The van der Waals surface area contributed by atoms with Crippen molar-refractivity contribution < 1.29 is 17.9 Å². The highest BCUT2D eigenvalue weighted by atomic mass is 32.2. The van der Waals surface area contributed by atoms with Gasteiger partial charge in [0.05, 0.1) is 6.26 Å². The fraction of sp³-hybridized carbons (Fsp3) is 0.833. The lowest BCUT2D eigenvalue weighted by molar-refractivity contribution is -0.137. The highest BCUT2D eigenvalue weighted by molar-refractivity contribution is 7.89. The van der Waals surface area contributed by atoms with Crippen LogP contribution in [0.3, 0.4) is 0 Å². The van der Waals surface area contributed by atoms with Crippen molar-refractivity contribution in [1.82, 2.24) is 4.72 Å². The third-order valence-electron chi connectivity index (χ3n) is 1.34. The molecule has 0 heterocycles. The van der Waals surface area contributed by atoms with Crippen LogP contribution >= 0.6 is 0 Å². The van der Waals surface area contributed by atoms with Crippen molar-refractivity contribution >= 4 is 15.9 Å². The Bertz CT molecular complexity index is 267. The molecule has 0 aromatic heterocycles. The molecule has 0 rings (SSSR count). The minimum Gasteiger partial charge on any atom is -0.369 e. The van der Waals surface area contributed by atoms with Crippen LogP contribution in [0.4, 0.5) is 0 Å². The molecule has 1 N–H and O–H groups in total. The van der Waals surface area contributed by atoms with Gasteiger partial charge in [-0.05, 0) is 13.8 Å². The Kier molecular flexibility index (Phi) is 3.23. The van der Waals surface area contributed by atoms with Gasteiger partial charge in [0.2, 0.25) is 10.0 Å². The van der Waals surface area contributed by atoms with Crippen molar-refractivity contribution in [3.63, 3.8) is 0 Å². The normalized spacial score (nSPS) is 12.7. The first-order chi connectivity index (χ1) is 5.19. The number of nitrogens with one attached hydrogen (secondary N) is 1. The Balaban J connectivity index is 4.44. The van der Waals surface area contributed by atoms with E-state index in [1.807, 2.05) is 4.72 Å². The Hall–Kier alpha value is -0.620. The Morgan fingerprint density at radius 3 is 2.08 bits per heavy atom. The van der Waals surface area contributed by atoms with Gasteiger partial charge < -0.3 is 4.74 Å². The maximum atomic E-state index is 11.1. The van der Waals surface area contributed by atoms with E-state index in [1.165, 1.54) is 21.0 Å². The number of methoxy groups -OCH3 is 1. The summed E-state index contributed by atoms with van der Waals surface area (Å²) in [5, 5.41) is 0.